The highest BCUT2D eigenvalue weighted by Gasteiger charge is 2.24. The van der Waals surface area contributed by atoms with E-state index in [1.807, 2.05) is 0 Å². The van der Waals surface area contributed by atoms with Crippen molar-refractivity contribution in [2.45, 2.75) is 58.4 Å². The number of aliphatic imine (C=N–C) groups is 1. The summed E-state index contributed by atoms with van der Waals surface area (Å²) in [5.74, 6) is 1.75. The first-order valence-corrected chi connectivity index (χ1v) is 10.0. The van der Waals surface area contributed by atoms with Crippen LogP contribution in [0.15, 0.2) is 4.99 Å². The largest absolute Gasteiger partial charge is 0.384 e. The molecule has 0 aromatic rings. The molecule has 0 amide bonds. The van der Waals surface area contributed by atoms with E-state index in [0.717, 1.165) is 44.8 Å². The fourth-order valence-corrected chi connectivity index (χ4v) is 3.92. The topological polar surface area (TPSA) is 40.1 Å². The quantitative estimate of drug-likeness (QED) is 0.419. The fraction of sp³-hybridized carbons (Fsp3) is 0.947. The van der Waals surface area contributed by atoms with Gasteiger partial charge in [0.05, 0.1) is 6.61 Å². The predicted octanol–water partition coefficient (Wildman–Crippen LogP) is 2.57. The molecule has 5 heteroatoms. The molecule has 2 rings (SSSR count). The van der Waals surface area contributed by atoms with Gasteiger partial charge < -0.3 is 19.9 Å². The maximum absolute atomic E-state index is 5.30. The molecule has 2 aliphatic rings. The summed E-state index contributed by atoms with van der Waals surface area (Å²) < 4.78 is 5.30. The van der Waals surface area contributed by atoms with Gasteiger partial charge >= 0.3 is 0 Å². The average molecular weight is 339 g/mol. The second kappa shape index (κ2) is 10.9. The molecular formula is C19H38N4O. The van der Waals surface area contributed by atoms with Crippen molar-refractivity contribution in [3.05, 3.63) is 0 Å². The van der Waals surface area contributed by atoms with Gasteiger partial charge in [0.25, 0.3) is 0 Å². The molecule has 2 atom stereocenters. The Bertz CT molecular complexity index is 374. The molecule has 2 aliphatic heterocycles. The van der Waals surface area contributed by atoms with Crippen LogP contribution in [0.5, 0.6) is 0 Å². The van der Waals surface area contributed by atoms with Crippen LogP contribution in [0.2, 0.25) is 0 Å². The van der Waals surface area contributed by atoms with Crippen LogP contribution >= 0.6 is 0 Å². The van der Waals surface area contributed by atoms with Crippen molar-refractivity contribution in [1.82, 2.24) is 15.1 Å². The molecule has 0 bridgehead atoms. The number of nitrogens with zero attached hydrogens (tertiary/aromatic N) is 3. The van der Waals surface area contributed by atoms with Crippen LogP contribution in [-0.2, 0) is 4.74 Å². The number of unbranched alkanes of at least 4 members (excludes halogenated alkanes) is 1. The second-order valence-corrected chi connectivity index (χ2v) is 7.38. The standard InChI is InChI=1S/C19H38N4O/c1-4-20-19(23-14-10-18(15-23)16-24-3)21-11-6-8-13-22-12-7-5-9-17(22)2/h17-18H,4-16H2,1-3H3,(H,20,21). The minimum atomic E-state index is 0.652. The van der Waals surface area contributed by atoms with Crippen molar-refractivity contribution < 1.29 is 4.74 Å². The number of hydrogen-bond donors (Lipinski definition) is 1. The zero-order valence-corrected chi connectivity index (χ0v) is 16.1. The Kier molecular flexibility index (Phi) is 8.89. The van der Waals surface area contributed by atoms with Gasteiger partial charge in [0, 0.05) is 45.2 Å². The number of piperidine rings is 1. The molecule has 24 heavy (non-hydrogen) atoms. The van der Waals surface area contributed by atoms with Crippen molar-refractivity contribution >= 4 is 5.96 Å². The highest BCUT2D eigenvalue weighted by Crippen LogP contribution is 2.17. The Morgan fingerprint density at radius 3 is 2.83 bits per heavy atom. The molecule has 2 heterocycles. The molecule has 2 fully saturated rings. The van der Waals surface area contributed by atoms with Crippen LogP contribution in [0, 0.1) is 5.92 Å². The van der Waals surface area contributed by atoms with Crippen molar-refractivity contribution in [2.24, 2.45) is 10.9 Å². The zero-order valence-electron chi connectivity index (χ0n) is 16.1. The monoisotopic (exact) mass is 338 g/mol. The lowest BCUT2D eigenvalue weighted by Crippen LogP contribution is -2.40. The van der Waals surface area contributed by atoms with Gasteiger partial charge in [-0.3, -0.25) is 4.99 Å². The van der Waals surface area contributed by atoms with Gasteiger partial charge in [-0.25, -0.2) is 0 Å². The van der Waals surface area contributed by atoms with Crippen molar-refractivity contribution in [3.8, 4) is 0 Å². The lowest BCUT2D eigenvalue weighted by Gasteiger charge is -2.33. The van der Waals surface area contributed by atoms with E-state index in [1.165, 1.54) is 51.6 Å². The summed E-state index contributed by atoms with van der Waals surface area (Å²) >= 11 is 0. The van der Waals surface area contributed by atoms with Crippen LogP contribution in [0.25, 0.3) is 0 Å². The summed E-state index contributed by atoms with van der Waals surface area (Å²) in [6, 6.07) is 0.780. The van der Waals surface area contributed by atoms with Crippen LogP contribution in [0.4, 0.5) is 0 Å². The molecule has 0 radical (unpaired) electrons. The molecule has 2 saturated heterocycles. The smallest absolute Gasteiger partial charge is 0.193 e. The SMILES string of the molecule is CCNC(=NCCCCN1CCCCC1C)N1CCC(COC)C1. The summed E-state index contributed by atoms with van der Waals surface area (Å²) in [6.45, 7) is 12.0. The molecule has 5 nitrogen and oxygen atoms in total. The van der Waals surface area contributed by atoms with E-state index in [0.29, 0.717) is 5.92 Å². The number of hydrogen-bond acceptors (Lipinski definition) is 3. The molecule has 1 N–H and O–H groups in total. The van der Waals surface area contributed by atoms with E-state index in [1.54, 1.807) is 7.11 Å². The maximum Gasteiger partial charge on any atom is 0.193 e. The molecule has 0 saturated carbocycles. The highest BCUT2D eigenvalue weighted by atomic mass is 16.5. The summed E-state index contributed by atoms with van der Waals surface area (Å²) in [6.07, 6.45) is 7.83. The van der Waals surface area contributed by atoms with Crippen LogP contribution in [0.3, 0.4) is 0 Å². The average Bonchev–Trinajstić information content (AvgIpc) is 3.04. The van der Waals surface area contributed by atoms with E-state index in [2.05, 4.69) is 29.0 Å². The molecule has 2 unspecified atom stereocenters. The number of nitrogens with one attached hydrogen (secondary N) is 1. The van der Waals surface area contributed by atoms with Gasteiger partial charge in [-0.15, -0.1) is 0 Å². The van der Waals surface area contributed by atoms with E-state index < -0.39 is 0 Å². The third kappa shape index (κ3) is 6.25. The van der Waals surface area contributed by atoms with Crippen LogP contribution in [0.1, 0.15) is 52.4 Å². The van der Waals surface area contributed by atoms with Crippen molar-refractivity contribution in [1.29, 1.82) is 0 Å². The van der Waals surface area contributed by atoms with Gasteiger partial charge in [-0.2, -0.15) is 0 Å². The first-order valence-electron chi connectivity index (χ1n) is 10.0. The molecular weight excluding hydrogens is 300 g/mol. The number of guanidine groups is 1. The summed E-state index contributed by atoms with van der Waals surface area (Å²) in [5, 5.41) is 3.46. The molecule has 0 aromatic carbocycles. The minimum Gasteiger partial charge on any atom is -0.384 e. The summed E-state index contributed by atoms with van der Waals surface area (Å²) in [7, 11) is 1.80. The van der Waals surface area contributed by atoms with Gasteiger partial charge in [-0.1, -0.05) is 6.42 Å². The predicted molar refractivity (Wildman–Crippen MR) is 102 cm³/mol. The fourth-order valence-electron chi connectivity index (χ4n) is 3.92. The Balaban J connectivity index is 1.69. The van der Waals surface area contributed by atoms with E-state index in [-0.39, 0.29) is 0 Å². The zero-order chi connectivity index (χ0) is 17.2. The maximum atomic E-state index is 5.30. The summed E-state index contributed by atoms with van der Waals surface area (Å²) in [5.41, 5.74) is 0. The van der Waals surface area contributed by atoms with E-state index >= 15 is 0 Å². The second-order valence-electron chi connectivity index (χ2n) is 7.38. The number of methoxy groups -OCH3 is 1. The Hall–Kier alpha value is -0.810. The normalized spacial score (nSPS) is 26.1. The molecule has 0 aromatic heterocycles. The Labute approximate surface area is 148 Å². The summed E-state index contributed by atoms with van der Waals surface area (Å²) in [4.78, 5) is 9.93. The Morgan fingerprint density at radius 1 is 1.21 bits per heavy atom. The van der Waals surface area contributed by atoms with Crippen molar-refractivity contribution in [3.63, 3.8) is 0 Å². The number of rotatable bonds is 8. The first kappa shape index (κ1) is 19.5. The van der Waals surface area contributed by atoms with Gasteiger partial charge in [0.15, 0.2) is 5.96 Å². The van der Waals surface area contributed by atoms with Gasteiger partial charge in [0.1, 0.15) is 0 Å². The first-order chi connectivity index (χ1) is 11.7. The van der Waals surface area contributed by atoms with Gasteiger partial charge in [0.2, 0.25) is 0 Å². The number of ether oxygens (including phenoxy) is 1. The third-order valence-electron chi connectivity index (χ3n) is 5.38. The van der Waals surface area contributed by atoms with Crippen molar-refractivity contribution in [2.75, 3.05) is 53.0 Å². The number of likely N-dealkylation sites (tertiary alicyclic amines) is 2. The van der Waals surface area contributed by atoms with Crippen LogP contribution in [-0.4, -0.2) is 74.8 Å². The Morgan fingerprint density at radius 2 is 2.08 bits per heavy atom. The minimum absolute atomic E-state index is 0.652. The molecule has 0 aliphatic carbocycles. The molecule has 140 valence electrons. The van der Waals surface area contributed by atoms with Crippen LogP contribution < -0.4 is 5.32 Å². The lowest BCUT2D eigenvalue weighted by atomic mass is 10.0. The van der Waals surface area contributed by atoms with E-state index in [9.17, 15) is 0 Å². The molecule has 0 spiro atoms. The lowest BCUT2D eigenvalue weighted by molar-refractivity contribution is 0.157. The van der Waals surface area contributed by atoms with Gasteiger partial charge in [-0.05, 0) is 59.0 Å². The third-order valence-corrected chi connectivity index (χ3v) is 5.38. The van der Waals surface area contributed by atoms with E-state index in [4.69, 9.17) is 9.73 Å². The highest BCUT2D eigenvalue weighted by molar-refractivity contribution is 5.80.